The first kappa shape index (κ1) is 20.1. The zero-order chi connectivity index (χ0) is 19.9. The van der Waals surface area contributed by atoms with E-state index in [1.54, 1.807) is 4.90 Å². The van der Waals surface area contributed by atoms with Crippen molar-refractivity contribution in [3.8, 4) is 0 Å². The number of rotatable bonds is 7. The predicted octanol–water partition coefficient (Wildman–Crippen LogP) is 3.74. The number of carbonyl (C=O) groups is 2. The van der Waals surface area contributed by atoms with Gasteiger partial charge in [-0.05, 0) is 55.5 Å². The van der Waals surface area contributed by atoms with E-state index in [0.29, 0.717) is 19.4 Å². The fourth-order valence-electron chi connectivity index (χ4n) is 3.86. The van der Waals surface area contributed by atoms with Gasteiger partial charge >= 0.3 is 0 Å². The Kier molecular flexibility index (Phi) is 6.82. The van der Waals surface area contributed by atoms with Gasteiger partial charge in [0.2, 0.25) is 11.8 Å². The third-order valence-corrected chi connectivity index (χ3v) is 5.44. The average Bonchev–Trinajstić information content (AvgIpc) is 3.09. The molecule has 1 aliphatic rings. The van der Waals surface area contributed by atoms with E-state index < -0.39 is 0 Å². The van der Waals surface area contributed by atoms with Crippen LogP contribution < -0.4 is 16.0 Å². The Balaban J connectivity index is 1.55. The summed E-state index contributed by atoms with van der Waals surface area (Å²) in [4.78, 5) is 26.7. The molecule has 1 saturated carbocycles. The maximum absolute atomic E-state index is 12.7. The molecular formula is C23H29N3O2. The maximum atomic E-state index is 12.7. The Bertz CT molecular complexity index is 789. The molecule has 2 aromatic rings. The lowest BCUT2D eigenvalue weighted by Gasteiger charge is -2.21. The second-order valence-corrected chi connectivity index (χ2v) is 7.45. The van der Waals surface area contributed by atoms with Crippen molar-refractivity contribution in [3.05, 3.63) is 60.2 Å². The van der Waals surface area contributed by atoms with Crippen LogP contribution in [0.1, 0.15) is 38.2 Å². The van der Waals surface area contributed by atoms with Crippen LogP contribution in [0.3, 0.4) is 0 Å². The molecule has 3 N–H and O–H groups in total. The van der Waals surface area contributed by atoms with Gasteiger partial charge in [-0.1, -0.05) is 36.8 Å². The lowest BCUT2D eigenvalue weighted by atomic mass is 10.00. The number of nitrogens with one attached hydrogen (secondary N) is 1. The van der Waals surface area contributed by atoms with Gasteiger partial charge in [-0.25, -0.2) is 0 Å². The lowest BCUT2D eigenvalue weighted by molar-refractivity contribution is -0.118. The van der Waals surface area contributed by atoms with Crippen molar-refractivity contribution in [1.82, 2.24) is 0 Å². The molecule has 0 bridgehead atoms. The van der Waals surface area contributed by atoms with Crippen molar-refractivity contribution >= 4 is 23.2 Å². The van der Waals surface area contributed by atoms with E-state index in [2.05, 4.69) is 5.32 Å². The first-order chi connectivity index (χ1) is 13.6. The number of nitrogens with zero attached hydrogens (tertiary/aromatic N) is 1. The van der Waals surface area contributed by atoms with Gasteiger partial charge in [0, 0.05) is 30.4 Å². The Labute approximate surface area is 166 Å². The Morgan fingerprint density at radius 1 is 1.07 bits per heavy atom. The van der Waals surface area contributed by atoms with Crippen LogP contribution in [0.2, 0.25) is 0 Å². The maximum Gasteiger partial charge on any atom is 0.231 e. The van der Waals surface area contributed by atoms with Crippen LogP contribution in [-0.4, -0.2) is 24.4 Å². The topological polar surface area (TPSA) is 75.4 Å². The molecule has 1 aliphatic carbocycles. The number of likely N-dealkylation sites (N-methyl/N-ethyl adjacent to an activating group) is 1. The molecule has 3 rings (SSSR count). The van der Waals surface area contributed by atoms with Gasteiger partial charge in [0.15, 0.2) is 0 Å². The molecule has 5 nitrogen and oxygen atoms in total. The van der Waals surface area contributed by atoms with E-state index in [1.807, 2.05) is 61.5 Å². The monoisotopic (exact) mass is 379 g/mol. The van der Waals surface area contributed by atoms with Crippen molar-refractivity contribution < 1.29 is 9.59 Å². The highest BCUT2D eigenvalue weighted by molar-refractivity contribution is 5.95. The third-order valence-electron chi connectivity index (χ3n) is 5.44. The summed E-state index contributed by atoms with van der Waals surface area (Å²) in [5.41, 5.74) is 8.63. The Morgan fingerprint density at radius 2 is 1.79 bits per heavy atom. The number of nitrogens with two attached hydrogens (primary N) is 1. The average molecular weight is 380 g/mol. The highest BCUT2D eigenvalue weighted by atomic mass is 16.2. The summed E-state index contributed by atoms with van der Waals surface area (Å²) in [6.07, 6.45) is 3.96. The van der Waals surface area contributed by atoms with Crippen molar-refractivity contribution in [2.24, 2.45) is 11.7 Å². The lowest BCUT2D eigenvalue weighted by Crippen LogP contribution is -2.31. The highest BCUT2D eigenvalue weighted by Gasteiger charge is 2.26. The summed E-state index contributed by atoms with van der Waals surface area (Å²) in [5.74, 6) is 0.350. The fraction of sp³-hybridized carbons (Fsp3) is 0.391. The van der Waals surface area contributed by atoms with Gasteiger partial charge in [-0.15, -0.1) is 0 Å². The van der Waals surface area contributed by atoms with Crippen LogP contribution in [0.15, 0.2) is 54.6 Å². The number of hydrogen-bond acceptors (Lipinski definition) is 3. The van der Waals surface area contributed by atoms with Gasteiger partial charge in [0.05, 0.1) is 6.42 Å². The zero-order valence-corrected chi connectivity index (χ0v) is 16.4. The molecule has 5 heteroatoms. The fourth-order valence-corrected chi connectivity index (χ4v) is 3.86. The van der Waals surface area contributed by atoms with Crippen LogP contribution in [0.25, 0.3) is 0 Å². The molecular weight excluding hydrogens is 350 g/mol. The van der Waals surface area contributed by atoms with Gasteiger partial charge < -0.3 is 16.0 Å². The van der Waals surface area contributed by atoms with Gasteiger partial charge in [-0.3, -0.25) is 9.59 Å². The van der Waals surface area contributed by atoms with Crippen LogP contribution in [0.5, 0.6) is 0 Å². The van der Waals surface area contributed by atoms with E-state index in [1.165, 1.54) is 0 Å². The quantitative estimate of drug-likeness (QED) is 0.769. The SMILES string of the molecule is CCN(C(=O)Cc1ccc(NC(=O)C[C@@H]2CCC[C@H]2N)cc1)c1ccccc1. The first-order valence-electron chi connectivity index (χ1n) is 10.1. The number of para-hydroxylation sites is 1. The molecule has 0 aliphatic heterocycles. The van der Waals surface area contributed by atoms with Crippen LogP contribution >= 0.6 is 0 Å². The summed E-state index contributed by atoms with van der Waals surface area (Å²) in [6, 6.07) is 17.3. The van der Waals surface area contributed by atoms with Gasteiger partial charge in [0.25, 0.3) is 0 Å². The van der Waals surface area contributed by atoms with Crippen molar-refractivity contribution in [2.75, 3.05) is 16.8 Å². The van der Waals surface area contributed by atoms with Crippen LogP contribution in [-0.2, 0) is 16.0 Å². The molecule has 0 radical (unpaired) electrons. The number of amides is 2. The van der Waals surface area contributed by atoms with E-state index >= 15 is 0 Å². The van der Waals surface area contributed by atoms with Gasteiger partial charge in [-0.2, -0.15) is 0 Å². The smallest absolute Gasteiger partial charge is 0.231 e. The highest BCUT2D eigenvalue weighted by Crippen LogP contribution is 2.27. The van der Waals surface area contributed by atoms with Crippen molar-refractivity contribution in [1.29, 1.82) is 0 Å². The summed E-state index contributed by atoms with van der Waals surface area (Å²) >= 11 is 0. The molecule has 0 aromatic heterocycles. The molecule has 2 amide bonds. The third kappa shape index (κ3) is 5.20. The van der Waals surface area contributed by atoms with E-state index in [9.17, 15) is 9.59 Å². The predicted molar refractivity (Wildman–Crippen MR) is 113 cm³/mol. The van der Waals surface area contributed by atoms with Gasteiger partial charge in [0.1, 0.15) is 0 Å². The minimum absolute atomic E-state index is 0.00686. The van der Waals surface area contributed by atoms with E-state index in [0.717, 1.165) is 36.2 Å². The molecule has 2 atom stereocenters. The number of anilines is 2. The normalized spacial score (nSPS) is 18.6. The van der Waals surface area contributed by atoms with E-state index in [-0.39, 0.29) is 23.8 Å². The Hall–Kier alpha value is -2.66. The number of hydrogen-bond donors (Lipinski definition) is 2. The summed E-state index contributed by atoms with van der Waals surface area (Å²) in [7, 11) is 0. The molecule has 2 aromatic carbocycles. The Morgan fingerprint density at radius 3 is 2.39 bits per heavy atom. The molecule has 0 unspecified atom stereocenters. The second-order valence-electron chi connectivity index (χ2n) is 7.45. The molecule has 148 valence electrons. The molecule has 0 spiro atoms. The molecule has 0 saturated heterocycles. The zero-order valence-electron chi connectivity index (χ0n) is 16.4. The molecule has 0 heterocycles. The summed E-state index contributed by atoms with van der Waals surface area (Å²) < 4.78 is 0. The van der Waals surface area contributed by atoms with Crippen molar-refractivity contribution in [2.45, 2.75) is 45.1 Å². The minimum Gasteiger partial charge on any atom is -0.327 e. The second kappa shape index (κ2) is 9.51. The summed E-state index contributed by atoms with van der Waals surface area (Å²) in [5, 5.41) is 2.94. The summed E-state index contributed by atoms with van der Waals surface area (Å²) in [6.45, 7) is 2.60. The van der Waals surface area contributed by atoms with Crippen LogP contribution in [0, 0.1) is 5.92 Å². The van der Waals surface area contributed by atoms with Crippen LogP contribution in [0.4, 0.5) is 11.4 Å². The standard InChI is InChI=1S/C23H29N3O2/c1-2-26(20-8-4-3-5-9-20)23(28)15-17-11-13-19(14-12-17)25-22(27)16-18-7-6-10-21(18)24/h3-5,8-9,11-14,18,21H,2,6-7,10,15-16,24H2,1H3,(H,25,27)/t18-,21+/m0/s1. The van der Waals surface area contributed by atoms with Crippen molar-refractivity contribution in [3.63, 3.8) is 0 Å². The molecule has 28 heavy (non-hydrogen) atoms. The largest absolute Gasteiger partial charge is 0.327 e. The molecule has 1 fully saturated rings. The van der Waals surface area contributed by atoms with E-state index in [4.69, 9.17) is 5.73 Å². The number of carbonyl (C=O) groups excluding carboxylic acids is 2. The number of benzene rings is 2. The minimum atomic E-state index is 0.00686. The first-order valence-corrected chi connectivity index (χ1v) is 10.1.